The maximum absolute atomic E-state index is 14.1. The summed E-state index contributed by atoms with van der Waals surface area (Å²) >= 11 is 5.82. The third-order valence-corrected chi connectivity index (χ3v) is 8.28. The first-order chi connectivity index (χ1) is 20.4. The second-order valence-electron chi connectivity index (χ2n) is 10.8. The molecule has 2 saturated heterocycles. The Kier molecular flexibility index (Phi) is 6.95. The molecule has 4 heterocycles. The van der Waals surface area contributed by atoms with Crippen LogP contribution in [0.25, 0.3) is 11.0 Å². The fraction of sp³-hybridized carbons (Fsp3) is 0.323. The number of benzene rings is 2. The number of fused-ring (bicyclic) bond motifs is 3. The van der Waals surface area contributed by atoms with Crippen molar-refractivity contribution in [3.63, 3.8) is 0 Å². The van der Waals surface area contributed by atoms with Crippen LogP contribution in [-0.4, -0.2) is 55.9 Å². The van der Waals surface area contributed by atoms with Crippen molar-refractivity contribution in [2.45, 2.75) is 44.7 Å². The van der Waals surface area contributed by atoms with Crippen molar-refractivity contribution in [3.8, 4) is 11.6 Å². The number of aromatic carboxylic acids is 1. The number of rotatable bonds is 10. The van der Waals surface area contributed by atoms with Crippen LogP contribution in [0, 0.1) is 11.7 Å². The maximum Gasteiger partial charge on any atom is 0.335 e. The molecule has 42 heavy (non-hydrogen) atoms. The van der Waals surface area contributed by atoms with E-state index in [0.717, 1.165) is 42.9 Å². The number of hydrogen-bond acceptors (Lipinski definition) is 7. The molecule has 3 aliphatic rings. The average Bonchev–Trinajstić information content (AvgIpc) is 3.62. The lowest BCUT2D eigenvalue weighted by atomic mass is 10.1. The van der Waals surface area contributed by atoms with E-state index in [1.54, 1.807) is 24.3 Å². The topological polar surface area (TPSA) is 98.9 Å². The van der Waals surface area contributed by atoms with Gasteiger partial charge in [0.1, 0.15) is 18.5 Å². The van der Waals surface area contributed by atoms with Gasteiger partial charge in [-0.15, -0.1) is 0 Å². The molecule has 11 heteroatoms. The van der Waals surface area contributed by atoms with Crippen LogP contribution in [-0.2, 0) is 24.4 Å². The summed E-state index contributed by atoms with van der Waals surface area (Å²) < 4.78 is 33.7. The minimum Gasteiger partial charge on any atom is -0.484 e. The standard InChI is InChI=1S/C31H28ClFN4O5/c32-20-5-7-27(24(33)12-20)41-17-21-2-1-3-30(34-21)42-28-13-22-10-19(28)14-36(22)16-29-35-25-6-4-18(31(38)39)11-26(25)37(29)15-23-8-9-40-23/h1-7,11-13,19,23,28H,8-10,14-17H2,(H,38,39)/t19?,23-,28?/m0/s1. The Labute approximate surface area is 246 Å². The van der Waals surface area contributed by atoms with Gasteiger partial charge in [-0.25, -0.2) is 19.2 Å². The van der Waals surface area contributed by atoms with E-state index in [2.05, 4.69) is 20.5 Å². The Hall–Kier alpha value is -4.15. The van der Waals surface area contributed by atoms with E-state index in [-0.39, 0.29) is 36.0 Å². The summed E-state index contributed by atoms with van der Waals surface area (Å²) in [5, 5.41) is 9.82. The number of imidazole rings is 1. The first-order valence-electron chi connectivity index (χ1n) is 13.9. The zero-order valence-corrected chi connectivity index (χ0v) is 23.3. The average molecular weight is 591 g/mol. The smallest absolute Gasteiger partial charge is 0.335 e. The van der Waals surface area contributed by atoms with E-state index in [9.17, 15) is 14.3 Å². The lowest BCUT2D eigenvalue weighted by molar-refractivity contribution is -0.0591. The van der Waals surface area contributed by atoms with E-state index >= 15 is 0 Å². The van der Waals surface area contributed by atoms with Crippen LogP contribution in [0.2, 0.25) is 5.02 Å². The third kappa shape index (κ3) is 5.28. The summed E-state index contributed by atoms with van der Waals surface area (Å²) in [6, 6.07) is 14.8. The van der Waals surface area contributed by atoms with Gasteiger partial charge in [-0.05, 0) is 61.4 Å². The summed E-state index contributed by atoms with van der Waals surface area (Å²) in [4.78, 5) is 23.4. The molecule has 9 nitrogen and oxygen atoms in total. The van der Waals surface area contributed by atoms with Crippen LogP contribution < -0.4 is 9.47 Å². The predicted octanol–water partition coefficient (Wildman–Crippen LogP) is 5.46. The van der Waals surface area contributed by atoms with Gasteiger partial charge in [0, 0.05) is 35.9 Å². The molecule has 2 unspecified atom stereocenters. The summed E-state index contributed by atoms with van der Waals surface area (Å²) in [7, 11) is 0. The molecule has 2 aromatic carbocycles. The molecule has 2 bridgehead atoms. The molecule has 0 amide bonds. The van der Waals surface area contributed by atoms with Crippen LogP contribution >= 0.6 is 11.6 Å². The fourth-order valence-corrected chi connectivity index (χ4v) is 5.96. The maximum atomic E-state index is 14.1. The lowest BCUT2D eigenvalue weighted by Gasteiger charge is -2.29. The van der Waals surface area contributed by atoms with E-state index in [1.165, 1.54) is 17.8 Å². The number of carboxylic acid groups (broad SMARTS) is 1. The molecule has 1 N–H and O–H groups in total. The second kappa shape index (κ2) is 10.9. The van der Waals surface area contributed by atoms with Gasteiger partial charge in [0.15, 0.2) is 11.6 Å². The molecule has 0 saturated carbocycles. The van der Waals surface area contributed by atoms with Crippen LogP contribution in [0.15, 0.2) is 66.4 Å². The van der Waals surface area contributed by atoms with Crippen LogP contribution in [0.5, 0.6) is 11.6 Å². The van der Waals surface area contributed by atoms with Gasteiger partial charge in [0.05, 0.1) is 41.5 Å². The molecule has 2 aliphatic heterocycles. The minimum atomic E-state index is -0.956. The van der Waals surface area contributed by atoms with E-state index in [4.69, 9.17) is 30.8 Å². The van der Waals surface area contributed by atoms with Crippen molar-refractivity contribution in [2.75, 3.05) is 13.2 Å². The van der Waals surface area contributed by atoms with Gasteiger partial charge < -0.3 is 28.8 Å². The Balaban J connectivity index is 1.04. The fourth-order valence-electron chi connectivity index (χ4n) is 5.80. The van der Waals surface area contributed by atoms with Gasteiger partial charge in [-0.1, -0.05) is 17.7 Å². The molecule has 216 valence electrons. The molecule has 4 aromatic rings. The molecule has 3 atom stereocenters. The van der Waals surface area contributed by atoms with E-state index in [0.29, 0.717) is 29.7 Å². The van der Waals surface area contributed by atoms with Crippen molar-refractivity contribution >= 4 is 28.6 Å². The van der Waals surface area contributed by atoms with Crippen LogP contribution in [0.4, 0.5) is 4.39 Å². The van der Waals surface area contributed by atoms with Crippen molar-refractivity contribution < 1.29 is 28.5 Å². The molecule has 0 radical (unpaired) electrons. The SMILES string of the molecule is O=C(O)c1ccc2nc(CN3CC4CC3=CC4Oc3cccc(COc4ccc(Cl)cc4F)n3)n(C[C@@H]3CCO3)c2c1. The largest absolute Gasteiger partial charge is 0.484 e. The highest BCUT2D eigenvalue weighted by molar-refractivity contribution is 6.30. The summed E-state index contributed by atoms with van der Waals surface area (Å²) in [5.74, 6) is 0.288. The molecular formula is C31H28ClFN4O5. The number of halogens is 2. The number of likely N-dealkylation sites (tertiary alicyclic amines) is 1. The molecule has 2 aromatic heterocycles. The second-order valence-corrected chi connectivity index (χ2v) is 11.3. The first-order valence-corrected chi connectivity index (χ1v) is 14.3. The van der Waals surface area contributed by atoms with Crippen LogP contribution in [0.3, 0.4) is 0 Å². The number of pyridine rings is 1. The Morgan fingerprint density at radius 1 is 1.17 bits per heavy atom. The normalized spacial score (nSPS) is 21.0. The predicted molar refractivity (Wildman–Crippen MR) is 152 cm³/mol. The molecule has 7 rings (SSSR count). The zero-order valence-electron chi connectivity index (χ0n) is 22.6. The highest BCUT2D eigenvalue weighted by Crippen LogP contribution is 2.39. The highest BCUT2D eigenvalue weighted by Gasteiger charge is 2.40. The van der Waals surface area contributed by atoms with Crippen molar-refractivity contribution in [3.05, 3.63) is 94.3 Å². The first kappa shape index (κ1) is 26.7. The molecular weight excluding hydrogens is 563 g/mol. The van der Waals surface area contributed by atoms with E-state index in [1.807, 2.05) is 18.2 Å². The minimum absolute atomic E-state index is 0.0968. The number of ether oxygens (including phenoxy) is 3. The van der Waals surface area contributed by atoms with Crippen molar-refractivity contribution in [2.24, 2.45) is 5.92 Å². The quantitative estimate of drug-likeness (QED) is 0.260. The number of allylic oxidation sites excluding steroid dienone is 1. The number of carboxylic acids is 1. The molecule has 0 spiro atoms. The Morgan fingerprint density at radius 2 is 2.05 bits per heavy atom. The van der Waals surface area contributed by atoms with Crippen molar-refractivity contribution in [1.82, 2.24) is 19.4 Å². The van der Waals surface area contributed by atoms with Crippen molar-refractivity contribution in [1.29, 1.82) is 0 Å². The third-order valence-electron chi connectivity index (χ3n) is 8.05. The van der Waals surface area contributed by atoms with E-state index < -0.39 is 11.8 Å². The van der Waals surface area contributed by atoms with Gasteiger partial charge in [-0.3, -0.25) is 0 Å². The van der Waals surface area contributed by atoms with Gasteiger partial charge in [0.2, 0.25) is 5.88 Å². The number of hydrogen-bond donors (Lipinski definition) is 1. The number of nitrogens with zero attached hydrogens (tertiary/aromatic N) is 4. The number of aromatic nitrogens is 3. The van der Waals surface area contributed by atoms with Gasteiger partial charge in [-0.2, -0.15) is 0 Å². The van der Waals surface area contributed by atoms with Crippen LogP contribution in [0.1, 0.15) is 34.7 Å². The molecule has 1 aliphatic carbocycles. The summed E-state index contributed by atoms with van der Waals surface area (Å²) in [5.41, 5.74) is 3.66. The number of carbonyl (C=O) groups is 1. The molecule has 2 fully saturated rings. The zero-order chi connectivity index (χ0) is 28.8. The summed E-state index contributed by atoms with van der Waals surface area (Å²) in [6.45, 7) is 2.93. The van der Waals surface area contributed by atoms with Gasteiger partial charge >= 0.3 is 5.97 Å². The summed E-state index contributed by atoms with van der Waals surface area (Å²) in [6.07, 6.45) is 4.03. The van der Waals surface area contributed by atoms with Gasteiger partial charge in [0.25, 0.3) is 0 Å². The Bertz CT molecular complexity index is 1700. The Morgan fingerprint density at radius 3 is 2.79 bits per heavy atom. The monoisotopic (exact) mass is 590 g/mol. The highest BCUT2D eigenvalue weighted by atomic mass is 35.5. The lowest BCUT2D eigenvalue weighted by Crippen LogP contribution is -2.34.